The lowest BCUT2D eigenvalue weighted by Gasteiger charge is -2.14. The Kier molecular flexibility index (Phi) is 5.40. The number of carbonyl (C=O) groups is 2. The molecule has 23 heavy (non-hydrogen) atoms. The maximum absolute atomic E-state index is 12.1. The minimum Gasteiger partial charge on any atom is -0.449 e. The molecule has 2 aromatic rings. The summed E-state index contributed by atoms with van der Waals surface area (Å²) < 4.78 is 5.22. The van der Waals surface area contributed by atoms with Crippen molar-refractivity contribution in [2.24, 2.45) is 0 Å². The van der Waals surface area contributed by atoms with Crippen molar-refractivity contribution in [3.63, 3.8) is 0 Å². The van der Waals surface area contributed by atoms with E-state index in [0.717, 1.165) is 11.1 Å². The van der Waals surface area contributed by atoms with Crippen LogP contribution in [0.5, 0.6) is 0 Å². The van der Waals surface area contributed by atoms with E-state index in [4.69, 9.17) is 16.3 Å². The number of esters is 1. The number of hydrogen-bond donors (Lipinski definition) is 1. The summed E-state index contributed by atoms with van der Waals surface area (Å²) in [4.78, 5) is 24.2. The van der Waals surface area contributed by atoms with Crippen LogP contribution >= 0.6 is 11.6 Å². The van der Waals surface area contributed by atoms with Gasteiger partial charge >= 0.3 is 5.97 Å². The first-order valence-electron chi connectivity index (χ1n) is 7.22. The van der Waals surface area contributed by atoms with Gasteiger partial charge in [0.1, 0.15) is 0 Å². The normalized spacial score (nSPS) is 11.7. The zero-order valence-electron chi connectivity index (χ0n) is 13.2. The summed E-state index contributed by atoms with van der Waals surface area (Å²) >= 11 is 6.02. The molecule has 0 aliphatic heterocycles. The van der Waals surface area contributed by atoms with Gasteiger partial charge < -0.3 is 10.1 Å². The molecule has 1 N–H and O–H groups in total. The molecule has 120 valence electrons. The van der Waals surface area contributed by atoms with E-state index in [1.807, 2.05) is 32.0 Å². The fourth-order valence-corrected chi connectivity index (χ4v) is 2.17. The first kappa shape index (κ1) is 17.0. The number of ether oxygens (including phenoxy) is 1. The summed E-state index contributed by atoms with van der Waals surface area (Å²) in [5.74, 6) is -0.931. The minimum atomic E-state index is -0.915. The summed E-state index contributed by atoms with van der Waals surface area (Å²) in [6.07, 6.45) is -0.915. The van der Waals surface area contributed by atoms with Crippen LogP contribution in [-0.4, -0.2) is 18.0 Å². The molecule has 2 rings (SSSR count). The summed E-state index contributed by atoms with van der Waals surface area (Å²) in [6.45, 7) is 5.22. The number of rotatable bonds is 4. The van der Waals surface area contributed by atoms with Crippen LogP contribution in [0, 0.1) is 13.8 Å². The Morgan fingerprint density at radius 2 is 1.78 bits per heavy atom. The van der Waals surface area contributed by atoms with Gasteiger partial charge in [0.05, 0.1) is 5.56 Å². The van der Waals surface area contributed by atoms with Crippen molar-refractivity contribution in [2.45, 2.75) is 26.9 Å². The quantitative estimate of drug-likeness (QED) is 0.857. The van der Waals surface area contributed by atoms with Crippen LogP contribution in [0.25, 0.3) is 0 Å². The van der Waals surface area contributed by atoms with Gasteiger partial charge in [0.25, 0.3) is 5.91 Å². The van der Waals surface area contributed by atoms with E-state index in [9.17, 15) is 9.59 Å². The van der Waals surface area contributed by atoms with Crippen molar-refractivity contribution in [3.05, 3.63) is 64.2 Å². The van der Waals surface area contributed by atoms with Gasteiger partial charge in [-0.3, -0.25) is 4.79 Å². The molecule has 1 atom stereocenters. The average Bonchev–Trinajstić information content (AvgIpc) is 2.51. The molecular formula is C18H18ClNO3. The van der Waals surface area contributed by atoms with Crippen molar-refractivity contribution in [2.75, 3.05) is 5.32 Å². The van der Waals surface area contributed by atoms with Gasteiger partial charge in [-0.05, 0) is 50.1 Å². The van der Waals surface area contributed by atoms with E-state index in [1.165, 1.54) is 6.92 Å². The molecule has 0 radical (unpaired) electrons. The number of nitrogens with one attached hydrogen (secondary N) is 1. The fraction of sp³-hybridized carbons (Fsp3) is 0.222. The lowest BCUT2D eigenvalue weighted by Crippen LogP contribution is -2.30. The topological polar surface area (TPSA) is 55.4 Å². The first-order chi connectivity index (χ1) is 10.9. The molecule has 0 bridgehead atoms. The highest BCUT2D eigenvalue weighted by molar-refractivity contribution is 6.31. The van der Waals surface area contributed by atoms with Gasteiger partial charge in [0.15, 0.2) is 6.10 Å². The van der Waals surface area contributed by atoms with Crippen LogP contribution in [0.4, 0.5) is 5.69 Å². The van der Waals surface area contributed by atoms with Crippen molar-refractivity contribution in [1.82, 2.24) is 0 Å². The van der Waals surface area contributed by atoms with Gasteiger partial charge in [-0.2, -0.15) is 0 Å². The number of amides is 1. The van der Waals surface area contributed by atoms with Gasteiger partial charge in [0, 0.05) is 10.7 Å². The molecule has 5 heteroatoms. The highest BCUT2D eigenvalue weighted by atomic mass is 35.5. The Bertz CT molecular complexity index is 743. The molecule has 0 saturated carbocycles. The summed E-state index contributed by atoms with van der Waals surface area (Å²) in [5, 5.41) is 3.24. The van der Waals surface area contributed by atoms with E-state index in [0.29, 0.717) is 16.3 Å². The third-order valence-corrected chi connectivity index (χ3v) is 3.86. The molecule has 0 aromatic heterocycles. The van der Waals surface area contributed by atoms with Crippen molar-refractivity contribution >= 4 is 29.2 Å². The third-order valence-electron chi connectivity index (χ3n) is 3.46. The molecule has 0 saturated heterocycles. The van der Waals surface area contributed by atoms with Gasteiger partial charge in [-0.25, -0.2) is 4.79 Å². The van der Waals surface area contributed by atoms with E-state index < -0.39 is 18.0 Å². The predicted octanol–water partition coefficient (Wildman–Crippen LogP) is 4.14. The molecule has 0 aliphatic carbocycles. The van der Waals surface area contributed by atoms with E-state index in [-0.39, 0.29) is 0 Å². The molecular weight excluding hydrogens is 314 g/mol. The highest BCUT2D eigenvalue weighted by Crippen LogP contribution is 2.20. The van der Waals surface area contributed by atoms with Crippen LogP contribution in [-0.2, 0) is 9.53 Å². The second-order valence-corrected chi connectivity index (χ2v) is 5.72. The first-order valence-corrected chi connectivity index (χ1v) is 7.60. The fourth-order valence-electron chi connectivity index (χ4n) is 1.99. The smallest absolute Gasteiger partial charge is 0.339 e. The van der Waals surface area contributed by atoms with E-state index >= 15 is 0 Å². The molecule has 0 aliphatic rings. The molecule has 4 nitrogen and oxygen atoms in total. The predicted molar refractivity (Wildman–Crippen MR) is 90.9 cm³/mol. The standard InChI is InChI=1S/C18H18ClNO3/c1-11-6-4-5-7-15(11)18(22)23-13(3)17(21)20-14-9-8-12(2)16(19)10-14/h4-10,13H,1-3H3,(H,20,21). The number of hydrogen-bond acceptors (Lipinski definition) is 3. The zero-order valence-corrected chi connectivity index (χ0v) is 14.0. The second kappa shape index (κ2) is 7.29. The van der Waals surface area contributed by atoms with Crippen molar-refractivity contribution < 1.29 is 14.3 Å². The van der Waals surface area contributed by atoms with Crippen LogP contribution in [0.15, 0.2) is 42.5 Å². The Morgan fingerprint density at radius 1 is 1.09 bits per heavy atom. The van der Waals surface area contributed by atoms with E-state index in [1.54, 1.807) is 24.3 Å². The monoisotopic (exact) mass is 331 g/mol. The van der Waals surface area contributed by atoms with Gasteiger partial charge in [0.2, 0.25) is 0 Å². The van der Waals surface area contributed by atoms with Crippen molar-refractivity contribution in [3.8, 4) is 0 Å². The number of aryl methyl sites for hydroxylation is 2. The van der Waals surface area contributed by atoms with E-state index in [2.05, 4.69) is 5.32 Å². The molecule has 2 aromatic carbocycles. The average molecular weight is 332 g/mol. The van der Waals surface area contributed by atoms with Crippen LogP contribution in [0.1, 0.15) is 28.4 Å². The largest absolute Gasteiger partial charge is 0.449 e. The molecule has 1 amide bonds. The molecule has 0 fully saturated rings. The number of carbonyl (C=O) groups excluding carboxylic acids is 2. The van der Waals surface area contributed by atoms with Gasteiger partial charge in [-0.1, -0.05) is 35.9 Å². The Balaban J connectivity index is 2.01. The van der Waals surface area contributed by atoms with Crippen LogP contribution in [0.2, 0.25) is 5.02 Å². The number of benzene rings is 2. The molecule has 0 heterocycles. The maximum atomic E-state index is 12.1. The lowest BCUT2D eigenvalue weighted by atomic mass is 10.1. The summed E-state index contributed by atoms with van der Waals surface area (Å²) in [6, 6.07) is 12.3. The minimum absolute atomic E-state index is 0.410. The van der Waals surface area contributed by atoms with Crippen LogP contribution in [0.3, 0.4) is 0 Å². The zero-order chi connectivity index (χ0) is 17.0. The Morgan fingerprint density at radius 3 is 2.43 bits per heavy atom. The number of halogens is 1. The van der Waals surface area contributed by atoms with Gasteiger partial charge in [-0.15, -0.1) is 0 Å². The highest BCUT2D eigenvalue weighted by Gasteiger charge is 2.20. The summed E-state index contributed by atoms with van der Waals surface area (Å²) in [7, 11) is 0. The maximum Gasteiger partial charge on any atom is 0.339 e. The Hall–Kier alpha value is -2.33. The molecule has 1 unspecified atom stereocenters. The SMILES string of the molecule is Cc1ccc(NC(=O)C(C)OC(=O)c2ccccc2C)cc1Cl. The Labute approximate surface area is 140 Å². The second-order valence-electron chi connectivity index (χ2n) is 5.32. The third kappa shape index (κ3) is 4.33. The van der Waals surface area contributed by atoms with Crippen molar-refractivity contribution in [1.29, 1.82) is 0 Å². The van der Waals surface area contributed by atoms with Crippen LogP contribution < -0.4 is 5.32 Å². The molecule has 0 spiro atoms. The number of anilines is 1. The summed E-state index contributed by atoms with van der Waals surface area (Å²) in [5.41, 5.74) is 2.73. The lowest BCUT2D eigenvalue weighted by molar-refractivity contribution is -0.123.